The molecule has 106 valence electrons. The van der Waals surface area contributed by atoms with Crippen molar-refractivity contribution in [1.82, 2.24) is 9.80 Å². The van der Waals surface area contributed by atoms with Crippen LogP contribution < -0.4 is 0 Å². The zero-order valence-electron chi connectivity index (χ0n) is 12.0. The fourth-order valence-corrected chi connectivity index (χ4v) is 2.16. The quantitative estimate of drug-likeness (QED) is 0.781. The topological polar surface area (TPSA) is 43.8 Å². The molecule has 0 radical (unpaired) electrons. The smallest absolute Gasteiger partial charge is 0.305 e. The van der Waals surface area contributed by atoms with Gasteiger partial charge in [0.1, 0.15) is 0 Å². The molecule has 0 saturated carbocycles. The third kappa shape index (κ3) is 5.85. The summed E-state index contributed by atoms with van der Waals surface area (Å²) in [5.41, 5.74) is 1.07. The van der Waals surface area contributed by atoms with Crippen LogP contribution in [0, 0.1) is 0 Å². The molecule has 0 aliphatic carbocycles. The Kier molecular flexibility index (Phi) is 6.53. The van der Waals surface area contributed by atoms with Crippen LogP contribution in [0.1, 0.15) is 24.4 Å². The fraction of sp³-hybridized carbons (Fsp3) is 0.533. The molecule has 1 rings (SSSR count). The largest absolute Gasteiger partial charge is 0.481 e. The molecule has 0 spiro atoms. The Morgan fingerprint density at radius 2 is 1.79 bits per heavy atom. The van der Waals surface area contributed by atoms with E-state index < -0.39 is 5.97 Å². The summed E-state index contributed by atoms with van der Waals surface area (Å²) < 4.78 is 0. The van der Waals surface area contributed by atoms with Gasteiger partial charge in [0.15, 0.2) is 0 Å². The van der Waals surface area contributed by atoms with E-state index in [9.17, 15) is 4.79 Å². The summed E-state index contributed by atoms with van der Waals surface area (Å²) in [4.78, 5) is 15.3. The number of carboxylic acids is 1. The molecule has 0 fully saturated rings. The minimum absolute atomic E-state index is 0.0548. The highest BCUT2D eigenvalue weighted by atomic mass is 16.4. The molecule has 1 unspecified atom stereocenters. The second-order valence-corrected chi connectivity index (χ2v) is 5.16. The molecule has 4 nitrogen and oxygen atoms in total. The molecule has 0 heterocycles. The Morgan fingerprint density at radius 1 is 1.16 bits per heavy atom. The summed E-state index contributed by atoms with van der Waals surface area (Å²) in [6, 6.07) is 9.80. The van der Waals surface area contributed by atoms with Gasteiger partial charge in [0.25, 0.3) is 0 Å². The van der Waals surface area contributed by atoms with Crippen molar-refractivity contribution in [2.45, 2.75) is 18.9 Å². The molecule has 0 aliphatic rings. The van der Waals surface area contributed by atoms with Crippen LogP contribution in [-0.4, -0.2) is 55.1 Å². The molecular weight excluding hydrogens is 240 g/mol. The van der Waals surface area contributed by atoms with Crippen LogP contribution in [-0.2, 0) is 4.79 Å². The number of hydrogen-bond donors (Lipinski definition) is 1. The Labute approximate surface area is 115 Å². The van der Waals surface area contributed by atoms with Crippen LogP contribution in [0.25, 0.3) is 0 Å². The monoisotopic (exact) mass is 264 g/mol. The van der Waals surface area contributed by atoms with E-state index in [-0.39, 0.29) is 12.5 Å². The fourth-order valence-electron chi connectivity index (χ4n) is 2.16. The molecular formula is C15H24N2O2. The van der Waals surface area contributed by atoms with E-state index in [0.29, 0.717) is 0 Å². The normalized spacial score (nSPS) is 12.9. The second-order valence-electron chi connectivity index (χ2n) is 5.16. The highest BCUT2D eigenvalue weighted by Crippen LogP contribution is 2.23. The van der Waals surface area contributed by atoms with Crippen molar-refractivity contribution < 1.29 is 9.90 Å². The lowest BCUT2D eigenvalue weighted by atomic mass is 10.0. The lowest BCUT2D eigenvalue weighted by molar-refractivity contribution is -0.138. The Hall–Kier alpha value is -1.39. The standard InChI is InChI=1S/C15H24N2O2/c1-16(2)10-7-11-17(3)14(12-15(18)19)13-8-5-4-6-9-13/h4-6,8-9,14H,7,10-12H2,1-3H3,(H,18,19). The average molecular weight is 264 g/mol. The van der Waals surface area contributed by atoms with Crippen molar-refractivity contribution in [3.05, 3.63) is 35.9 Å². The van der Waals surface area contributed by atoms with Crippen LogP contribution in [0.3, 0.4) is 0 Å². The predicted octanol–water partition coefficient (Wildman–Crippen LogP) is 2.09. The molecule has 0 aromatic heterocycles. The number of carbonyl (C=O) groups is 1. The van der Waals surface area contributed by atoms with Crippen LogP contribution in [0.2, 0.25) is 0 Å². The molecule has 1 aromatic carbocycles. The van der Waals surface area contributed by atoms with Gasteiger partial charge in [-0.25, -0.2) is 0 Å². The first-order valence-corrected chi connectivity index (χ1v) is 6.62. The third-order valence-corrected chi connectivity index (χ3v) is 3.20. The van der Waals surface area contributed by atoms with Gasteiger partial charge in [-0.2, -0.15) is 0 Å². The van der Waals surface area contributed by atoms with Gasteiger partial charge in [0.2, 0.25) is 0 Å². The SMILES string of the molecule is CN(C)CCCN(C)C(CC(=O)O)c1ccccc1. The van der Waals surface area contributed by atoms with Gasteiger partial charge in [-0.1, -0.05) is 30.3 Å². The van der Waals surface area contributed by atoms with Crippen molar-refractivity contribution in [2.75, 3.05) is 34.2 Å². The van der Waals surface area contributed by atoms with Gasteiger partial charge >= 0.3 is 5.97 Å². The number of nitrogens with zero attached hydrogens (tertiary/aromatic N) is 2. The van der Waals surface area contributed by atoms with Gasteiger partial charge in [0.05, 0.1) is 6.42 Å². The van der Waals surface area contributed by atoms with Crippen molar-refractivity contribution in [3.63, 3.8) is 0 Å². The van der Waals surface area contributed by atoms with Crippen molar-refractivity contribution in [2.24, 2.45) is 0 Å². The maximum absolute atomic E-state index is 11.0. The molecule has 1 atom stereocenters. The first kappa shape index (κ1) is 15.7. The summed E-state index contributed by atoms with van der Waals surface area (Å²) in [5, 5.41) is 9.07. The number of carboxylic acid groups (broad SMARTS) is 1. The van der Waals surface area contributed by atoms with Gasteiger partial charge in [-0.15, -0.1) is 0 Å². The number of rotatable bonds is 8. The zero-order chi connectivity index (χ0) is 14.3. The summed E-state index contributed by atoms with van der Waals surface area (Å²) in [7, 11) is 6.09. The molecule has 1 N–H and O–H groups in total. The maximum atomic E-state index is 11.0. The predicted molar refractivity (Wildman–Crippen MR) is 77.2 cm³/mol. The third-order valence-electron chi connectivity index (χ3n) is 3.20. The van der Waals surface area contributed by atoms with E-state index >= 15 is 0 Å². The van der Waals surface area contributed by atoms with E-state index in [1.54, 1.807) is 0 Å². The van der Waals surface area contributed by atoms with E-state index in [1.807, 2.05) is 51.5 Å². The Bertz CT molecular complexity index is 379. The van der Waals surface area contributed by atoms with Crippen LogP contribution in [0.4, 0.5) is 0 Å². The first-order valence-electron chi connectivity index (χ1n) is 6.62. The average Bonchev–Trinajstić information content (AvgIpc) is 2.36. The van der Waals surface area contributed by atoms with E-state index in [2.05, 4.69) is 9.80 Å². The van der Waals surface area contributed by atoms with E-state index in [4.69, 9.17) is 5.11 Å². The number of benzene rings is 1. The summed E-state index contributed by atoms with van der Waals surface area (Å²) in [5.74, 6) is -0.756. The second kappa shape index (κ2) is 7.92. The summed E-state index contributed by atoms with van der Waals surface area (Å²) >= 11 is 0. The highest BCUT2D eigenvalue weighted by molar-refractivity contribution is 5.67. The molecule has 0 bridgehead atoms. The van der Waals surface area contributed by atoms with Crippen molar-refractivity contribution in [1.29, 1.82) is 0 Å². The molecule has 1 aromatic rings. The van der Waals surface area contributed by atoms with Gasteiger partial charge in [0, 0.05) is 6.04 Å². The summed E-state index contributed by atoms with van der Waals surface area (Å²) in [6.07, 6.45) is 1.18. The van der Waals surface area contributed by atoms with E-state index in [0.717, 1.165) is 25.1 Å². The first-order chi connectivity index (χ1) is 9.00. The van der Waals surface area contributed by atoms with Crippen molar-refractivity contribution in [3.8, 4) is 0 Å². The Morgan fingerprint density at radius 3 is 2.32 bits per heavy atom. The minimum atomic E-state index is -0.756. The maximum Gasteiger partial charge on any atom is 0.305 e. The zero-order valence-corrected chi connectivity index (χ0v) is 12.0. The number of hydrogen-bond acceptors (Lipinski definition) is 3. The van der Waals surface area contributed by atoms with Gasteiger partial charge in [-0.3, -0.25) is 9.69 Å². The van der Waals surface area contributed by atoms with Gasteiger partial charge < -0.3 is 10.0 Å². The van der Waals surface area contributed by atoms with Crippen molar-refractivity contribution >= 4 is 5.97 Å². The Balaban J connectivity index is 2.66. The lowest BCUT2D eigenvalue weighted by Crippen LogP contribution is -2.29. The minimum Gasteiger partial charge on any atom is -0.481 e. The molecule has 0 aliphatic heterocycles. The van der Waals surface area contributed by atoms with Crippen LogP contribution in [0.15, 0.2) is 30.3 Å². The molecule has 4 heteroatoms. The molecule has 0 amide bonds. The number of aliphatic carboxylic acids is 1. The highest BCUT2D eigenvalue weighted by Gasteiger charge is 2.19. The molecule has 0 saturated heterocycles. The van der Waals surface area contributed by atoms with Crippen LogP contribution >= 0.6 is 0 Å². The summed E-state index contributed by atoms with van der Waals surface area (Å²) in [6.45, 7) is 1.91. The van der Waals surface area contributed by atoms with E-state index in [1.165, 1.54) is 0 Å². The van der Waals surface area contributed by atoms with Gasteiger partial charge in [-0.05, 0) is 46.2 Å². The lowest BCUT2D eigenvalue weighted by Gasteiger charge is -2.27. The van der Waals surface area contributed by atoms with Crippen LogP contribution in [0.5, 0.6) is 0 Å². The molecule has 19 heavy (non-hydrogen) atoms.